The van der Waals surface area contributed by atoms with Crippen LogP contribution in [0.15, 0.2) is 0 Å². The van der Waals surface area contributed by atoms with Crippen molar-refractivity contribution in [1.29, 1.82) is 0 Å². The van der Waals surface area contributed by atoms with Crippen molar-refractivity contribution in [2.24, 2.45) is 47.3 Å². The standard InChI is InChI=1S/C53H104N4O4/c1-32(2)44-24-40(25-45(54-44)33(3)4)58-23-21-19-17-18-20-22-52(59-41-26-46(34(5)6)55-47(27-41)35(7)8)53(60-42-28-48(36(9)10)56-49(29-42)37(11)12)61-43-30-50(38(13)14)57-51(31-43)39(15)16/h32-57H,17-31H2,1-16H3. The van der Waals surface area contributed by atoms with Crippen molar-refractivity contribution >= 4 is 0 Å². The molecule has 0 aromatic heterocycles. The highest BCUT2D eigenvalue weighted by atomic mass is 16.7. The summed E-state index contributed by atoms with van der Waals surface area (Å²) in [5.74, 6) is 4.62. The van der Waals surface area contributed by atoms with Gasteiger partial charge in [0.05, 0.1) is 24.4 Å². The maximum Gasteiger partial charge on any atom is 0.184 e. The minimum Gasteiger partial charge on any atom is -0.378 e. The van der Waals surface area contributed by atoms with E-state index in [1.54, 1.807) is 0 Å². The van der Waals surface area contributed by atoms with Gasteiger partial charge in [-0.2, -0.15) is 0 Å². The molecule has 61 heavy (non-hydrogen) atoms. The van der Waals surface area contributed by atoms with Crippen molar-refractivity contribution in [3.05, 3.63) is 0 Å². The van der Waals surface area contributed by atoms with E-state index in [0.29, 0.717) is 102 Å². The van der Waals surface area contributed by atoms with E-state index in [2.05, 4.69) is 132 Å². The van der Waals surface area contributed by atoms with Gasteiger partial charge in [0.15, 0.2) is 6.29 Å². The molecule has 4 heterocycles. The molecule has 4 aliphatic heterocycles. The van der Waals surface area contributed by atoms with Gasteiger partial charge in [0.25, 0.3) is 0 Å². The van der Waals surface area contributed by atoms with Crippen LogP contribution in [0.4, 0.5) is 0 Å². The third kappa shape index (κ3) is 17.4. The molecule has 4 N–H and O–H groups in total. The average molecular weight is 861 g/mol. The molecule has 8 heteroatoms. The van der Waals surface area contributed by atoms with Gasteiger partial charge in [0.2, 0.25) is 0 Å². The summed E-state index contributed by atoms with van der Waals surface area (Å²) < 4.78 is 29.0. The smallest absolute Gasteiger partial charge is 0.184 e. The highest BCUT2D eigenvalue weighted by Gasteiger charge is 2.41. The van der Waals surface area contributed by atoms with E-state index in [0.717, 1.165) is 77.2 Å². The molecule has 360 valence electrons. The third-order valence-electron chi connectivity index (χ3n) is 15.6. The van der Waals surface area contributed by atoms with Crippen LogP contribution in [0.2, 0.25) is 0 Å². The second-order valence-electron chi connectivity index (χ2n) is 23.6. The molecule has 0 aromatic rings. The van der Waals surface area contributed by atoms with E-state index in [1.165, 1.54) is 19.3 Å². The fourth-order valence-electron chi connectivity index (χ4n) is 10.8. The molecule has 9 unspecified atom stereocenters. The second kappa shape index (κ2) is 26.1. The minimum absolute atomic E-state index is 0.0930. The Morgan fingerprint density at radius 2 is 0.590 bits per heavy atom. The summed E-state index contributed by atoms with van der Waals surface area (Å²) in [6.07, 6.45) is 15.8. The molecular formula is C53H104N4O4. The predicted octanol–water partition coefficient (Wildman–Crippen LogP) is 11.3. The van der Waals surface area contributed by atoms with Crippen molar-refractivity contribution in [3.63, 3.8) is 0 Å². The topological polar surface area (TPSA) is 85.0 Å². The normalized spacial score (nSPS) is 34.2. The number of nitrogens with one attached hydrogen (secondary N) is 4. The lowest BCUT2D eigenvalue weighted by Crippen LogP contribution is -2.56. The van der Waals surface area contributed by atoms with Crippen molar-refractivity contribution in [1.82, 2.24) is 21.3 Å². The number of rotatable bonds is 24. The molecule has 4 saturated heterocycles. The first-order valence-electron chi connectivity index (χ1n) is 26.4. The Kier molecular flexibility index (Phi) is 22.8. The monoisotopic (exact) mass is 861 g/mol. The van der Waals surface area contributed by atoms with Gasteiger partial charge in [-0.3, -0.25) is 0 Å². The van der Waals surface area contributed by atoms with Crippen molar-refractivity contribution in [2.75, 3.05) is 6.61 Å². The molecule has 9 atom stereocenters. The predicted molar refractivity (Wildman–Crippen MR) is 258 cm³/mol. The third-order valence-corrected chi connectivity index (χ3v) is 15.6. The van der Waals surface area contributed by atoms with Crippen LogP contribution in [0.5, 0.6) is 0 Å². The quantitative estimate of drug-likeness (QED) is 0.0564. The first-order valence-corrected chi connectivity index (χ1v) is 26.4. The molecule has 0 radical (unpaired) electrons. The van der Waals surface area contributed by atoms with Crippen LogP contribution in [0, 0.1) is 47.3 Å². The Balaban J connectivity index is 1.50. The van der Waals surface area contributed by atoms with Crippen LogP contribution in [0.1, 0.15) is 201 Å². The molecule has 0 amide bonds. The Labute approximate surface area is 378 Å². The summed E-state index contributed by atoms with van der Waals surface area (Å²) in [5.41, 5.74) is 0. The molecule has 8 nitrogen and oxygen atoms in total. The SMILES string of the molecule is CC(C)C1CC(OCCCCCCCC(OC2CC(C(C)C)NC(C(C)C)C2)C(OC2CC(C(C)C)NC(C(C)C)C2)OC2CC(C(C)C)NC(C(C)C)C2)CC(C(C)C)N1. The van der Waals surface area contributed by atoms with Crippen LogP contribution in [0.3, 0.4) is 0 Å². The zero-order valence-electron chi connectivity index (χ0n) is 42.9. The molecule has 4 rings (SSSR count). The maximum atomic E-state index is 7.51. The number of unbranched alkanes of at least 4 members (excludes halogenated alkanes) is 4. The molecule has 0 aliphatic carbocycles. The van der Waals surface area contributed by atoms with Crippen LogP contribution >= 0.6 is 0 Å². The second-order valence-corrected chi connectivity index (χ2v) is 23.6. The Morgan fingerprint density at radius 1 is 0.328 bits per heavy atom. The van der Waals surface area contributed by atoms with Gasteiger partial charge >= 0.3 is 0 Å². The lowest BCUT2D eigenvalue weighted by Gasteiger charge is -2.45. The van der Waals surface area contributed by atoms with Gasteiger partial charge in [-0.15, -0.1) is 0 Å². The number of piperidine rings is 4. The Hall–Kier alpha value is -0.320. The first-order chi connectivity index (χ1) is 28.8. The van der Waals surface area contributed by atoms with Crippen LogP contribution in [-0.4, -0.2) is 91.8 Å². The minimum atomic E-state index is -0.375. The number of hydrogen-bond donors (Lipinski definition) is 4. The van der Waals surface area contributed by atoms with Crippen LogP contribution < -0.4 is 21.3 Å². The molecule has 4 fully saturated rings. The largest absolute Gasteiger partial charge is 0.378 e. The zero-order valence-corrected chi connectivity index (χ0v) is 42.9. The van der Waals surface area contributed by atoms with Crippen molar-refractivity contribution in [2.45, 2.75) is 286 Å². The van der Waals surface area contributed by atoms with Gasteiger partial charge in [-0.1, -0.05) is 136 Å². The first kappa shape index (κ1) is 53.3. The highest BCUT2D eigenvalue weighted by molar-refractivity contribution is 4.94. The summed E-state index contributed by atoms with van der Waals surface area (Å²) >= 11 is 0. The van der Waals surface area contributed by atoms with E-state index < -0.39 is 0 Å². The maximum absolute atomic E-state index is 7.51. The fraction of sp³-hybridized carbons (Fsp3) is 1.00. The Morgan fingerprint density at radius 3 is 0.902 bits per heavy atom. The van der Waals surface area contributed by atoms with Crippen LogP contribution in [0.25, 0.3) is 0 Å². The molecule has 0 bridgehead atoms. The molecule has 0 aromatic carbocycles. The lowest BCUT2D eigenvalue weighted by atomic mass is 9.85. The number of ether oxygens (including phenoxy) is 4. The van der Waals surface area contributed by atoms with Crippen molar-refractivity contribution < 1.29 is 18.9 Å². The molecule has 0 spiro atoms. The molecular weight excluding hydrogens is 757 g/mol. The van der Waals surface area contributed by atoms with Crippen molar-refractivity contribution in [3.8, 4) is 0 Å². The average Bonchev–Trinajstić information content (AvgIpc) is 3.20. The van der Waals surface area contributed by atoms with E-state index in [4.69, 9.17) is 18.9 Å². The zero-order chi connectivity index (χ0) is 45.0. The van der Waals surface area contributed by atoms with E-state index in [1.807, 2.05) is 0 Å². The van der Waals surface area contributed by atoms with E-state index in [-0.39, 0.29) is 30.7 Å². The van der Waals surface area contributed by atoms with Crippen LogP contribution in [-0.2, 0) is 18.9 Å². The molecule has 4 aliphatic rings. The van der Waals surface area contributed by atoms with Gasteiger partial charge < -0.3 is 40.2 Å². The highest BCUT2D eigenvalue weighted by Crippen LogP contribution is 2.34. The summed E-state index contributed by atoms with van der Waals surface area (Å²) in [5, 5.41) is 16.0. The summed E-state index contributed by atoms with van der Waals surface area (Å²) in [6.45, 7) is 38.6. The van der Waals surface area contributed by atoms with Gasteiger partial charge in [-0.05, 0) is 112 Å². The molecule has 0 saturated carbocycles. The summed E-state index contributed by atoms with van der Waals surface area (Å²) in [6, 6.07) is 3.79. The van der Waals surface area contributed by atoms with E-state index >= 15 is 0 Å². The van der Waals surface area contributed by atoms with E-state index in [9.17, 15) is 0 Å². The lowest BCUT2D eigenvalue weighted by molar-refractivity contribution is -0.266. The van der Waals surface area contributed by atoms with Gasteiger partial charge in [0, 0.05) is 54.9 Å². The summed E-state index contributed by atoms with van der Waals surface area (Å²) in [4.78, 5) is 0. The fourth-order valence-corrected chi connectivity index (χ4v) is 10.8. The van der Waals surface area contributed by atoms with Gasteiger partial charge in [-0.25, -0.2) is 0 Å². The van der Waals surface area contributed by atoms with Gasteiger partial charge in [0.1, 0.15) is 6.10 Å². The Bertz CT molecular complexity index is 1070. The number of hydrogen-bond acceptors (Lipinski definition) is 8. The summed E-state index contributed by atoms with van der Waals surface area (Å²) in [7, 11) is 0.